The molecule has 1 saturated heterocycles. The van der Waals surface area contributed by atoms with Crippen LogP contribution in [0.1, 0.15) is 31.4 Å². The van der Waals surface area contributed by atoms with Crippen molar-refractivity contribution in [2.45, 2.75) is 31.8 Å². The average molecular weight is 222 g/mol. The number of halogens is 1. The maximum Gasteiger partial charge on any atom is 0.123 e. The van der Waals surface area contributed by atoms with Crippen LogP contribution in [-0.4, -0.2) is 19.1 Å². The Morgan fingerprint density at radius 3 is 2.75 bits per heavy atom. The predicted octanol–water partition coefficient (Wildman–Crippen LogP) is 2.23. The van der Waals surface area contributed by atoms with Crippen LogP contribution < -0.4 is 10.6 Å². The molecule has 0 aromatic heterocycles. The van der Waals surface area contributed by atoms with Crippen LogP contribution in [0.5, 0.6) is 0 Å². The van der Waals surface area contributed by atoms with E-state index in [1.165, 1.54) is 25.0 Å². The van der Waals surface area contributed by atoms with E-state index in [4.69, 9.17) is 0 Å². The first-order valence-electron chi connectivity index (χ1n) is 5.98. The third-order valence-corrected chi connectivity index (χ3v) is 3.15. The lowest BCUT2D eigenvalue weighted by Gasteiger charge is -2.27. The molecule has 1 aliphatic heterocycles. The number of hydrogen-bond acceptors (Lipinski definition) is 2. The van der Waals surface area contributed by atoms with E-state index < -0.39 is 0 Å². The van der Waals surface area contributed by atoms with E-state index in [2.05, 4.69) is 17.6 Å². The molecule has 0 radical (unpaired) electrons. The molecule has 0 saturated carbocycles. The second-order valence-corrected chi connectivity index (χ2v) is 4.48. The number of rotatable bonds is 3. The Balaban J connectivity index is 1.91. The number of nitrogens with one attached hydrogen (secondary N) is 2. The standard InChI is InChI=1S/C13H19FN2/c1-10(11-4-6-12(14)7-5-11)16-13-3-2-8-15-9-13/h4-7,10,13,15-16H,2-3,8-9H2,1H3. The van der Waals surface area contributed by atoms with Crippen molar-refractivity contribution in [3.05, 3.63) is 35.6 Å². The summed E-state index contributed by atoms with van der Waals surface area (Å²) in [5.41, 5.74) is 1.15. The third-order valence-electron chi connectivity index (χ3n) is 3.15. The fraction of sp³-hybridized carbons (Fsp3) is 0.538. The van der Waals surface area contributed by atoms with Gasteiger partial charge in [-0.1, -0.05) is 12.1 Å². The summed E-state index contributed by atoms with van der Waals surface area (Å²) in [7, 11) is 0. The molecule has 1 aromatic carbocycles. The largest absolute Gasteiger partial charge is 0.315 e. The summed E-state index contributed by atoms with van der Waals surface area (Å²) >= 11 is 0. The molecule has 1 fully saturated rings. The highest BCUT2D eigenvalue weighted by Gasteiger charge is 2.15. The molecule has 88 valence electrons. The smallest absolute Gasteiger partial charge is 0.123 e. The molecule has 2 atom stereocenters. The van der Waals surface area contributed by atoms with E-state index in [0.29, 0.717) is 6.04 Å². The van der Waals surface area contributed by atoms with Crippen molar-refractivity contribution in [3.63, 3.8) is 0 Å². The van der Waals surface area contributed by atoms with Gasteiger partial charge in [-0.05, 0) is 44.0 Å². The maximum absolute atomic E-state index is 12.8. The molecule has 0 amide bonds. The fourth-order valence-corrected chi connectivity index (χ4v) is 2.20. The first-order valence-corrected chi connectivity index (χ1v) is 5.98. The lowest BCUT2D eigenvalue weighted by molar-refractivity contribution is 0.362. The van der Waals surface area contributed by atoms with Gasteiger partial charge in [0.1, 0.15) is 5.82 Å². The predicted molar refractivity (Wildman–Crippen MR) is 63.8 cm³/mol. The Morgan fingerprint density at radius 1 is 1.38 bits per heavy atom. The van der Waals surface area contributed by atoms with Crippen LogP contribution in [0.4, 0.5) is 4.39 Å². The maximum atomic E-state index is 12.8. The van der Waals surface area contributed by atoms with Crippen LogP contribution in [-0.2, 0) is 0 Å². The highest BCUT2D eigenvalue weighted by Crippen LogP contribution is 2.15. The molecule has 2 unspecified atom stereocenters. The van der Waals surface area contributed by atoms with E-state index in [0.717, 1.165) is 18.7 Å². The van der Waals surface area contributed by atoms with E-state index in [9.17, 15) is 4.39 Å². The van der Waals surface area contributed by atoms with Crippen LogP contribution in [0.3, 0.4) is 0 Å². The van der Waals surface area contributed by atoms with Crippen LogP contribution in [0.2, 0.25) is 0 Å². The minimum atomic E-state index is -0.171. The summed E-state index contributed by atoms with van der Waals surface area (Å²) in [5.74, 6) is -0.171. The molecule has 16 heavy (non-hydrogen) atoms. The van der Waals surface area contributed by atoms with Crippen LogP contribution in [0.15, 0.2) is 24.3 Å². The van der Waals surface area contributed by atoms with Crippen molar-refractivity contribution < 1.29 is 4.39 Å². The van der Waals surface area contributed by atoms with Gasteiger partial charge in [0.2, 0.25) is 0 Å². The van der Waals surface area contributed by atoms with Crippen molar-refractivity contribution in [1.29, 1.82) is 0 Å². The molecule has 2 nitrogen and oxygen atoms in total. The highest BCUT2D eigenvalue weighted by atomic mass is 19.1. The van der Waals surface area contributed by atoms with Gasteiger partial charge in [-0.2, -0.15) is 0 Å². The lowest BCUT2D eigenvalue weighted by Crippen LogP contribution is -2.43. The third kappa shape index (κ3) is 3.03. The van der Waals surface area contributed by atoms with E-state index in [1.807, 2.05) is 12.1 Å². The minimum Gasteiger partial charge on any atom is -0.315 e. The van der Waals surface area contributed by atoms with Gasteiger partial charge in [0.15, 0.2) is 0 Å². The Hall–Kier alpha value is -0.930. The topological polar surface area (TPSA) is 24.1 Å². The summed E-state index contributed by atoms with van der Waals surface area (Å²) in [4.78, 5) is 0. The molecule has 2 N–H and O–H groups in total. The number of hydrogen-bond donors (Lipinski definition) is 2. The van der Waals surface area contributed by atoms with E-state index >= 15 is 0 Å². The zero-order valence-electron chi connectivity index (χ0n) is 9.67. The quantitative estimate of drug-likeness (QED) is 0.819. The van der Waals surface area contributed by atoms with Crippen LogP contribution in [0.25, 0.3) is 0 Å². The molecule has 0 bridgehead atoms. The number of piperidine rings is 1. The van der Waals surface area contributed by atoms with Gasteiger partial charge in [0.05, 0.1) is 0 Å². The van der Waals surface area contributed by atoms with E-state index in [1.54, 1.807) is 0 Å². The summed E-state index contributed by atoms with van der Waals surface area (Å²) in [6, 6.07) is 7.56. The first-order chi connectivity index (χ1) is 7.75. The molecular formula is C13H19FN2. The van der Waals surface area contributed by atoms with Crippen molar-refractivity contribution in [2.24, 2.45) is 0 Å². The van der Waals surface area contributed by atoms with Crippen molar-refractivity contribution in [1.82, 2.24) is 10.6 Å². The molecule has 1 heterocycles. The molecule has 2 rings (SSSR count). The monoisotopic (exact) mass is 222 g/mol. The SMILES string of the molecule is CC(NC1CCCNC1)c1ccc(F)cc1. The lowest BCUT2D eigenvalue weighted by atomic mass is 10.0. The summed E-state index contributed by atoms with van der Waals surface area (Å²) < 4.78 is 12.8. The highest BCUT2D eigenvalue weighted by molar-refractivity contribution is 5.19. The van der Waals surface area contributed by atoms with Gasteiger partial charge in [-0.25, -0.2) is 4.39 Å². The summed E-state index contributed by atoms with van der Waals surface area (Å²) in [5, 5.41) is 6.95. The van der Waals surface area contributed by atoms with Crippen LogP contribution in [0, 0.1) is 5.82 Å². The van der Waals surface area contributed by atoms with Crippen LogP contribution >= 0.6 is 0 Å². The van der Waals surface area contributed by atoms with Gasteiger partial charge >= 0.3 is 0 Å². The normalized spacial score (nSPS) is 23.0. The molecule has 1 aliphatic rings. The van der Waals surface area contributed by atoms with Gasteiger partial charge in [0, 0.05) is 18.6 Å². The molecule has 0 aliphatic carbocycles. The van der Waals surface area contributed by atoms with Crippen molar-refractivity contribution >= 4 is 0 Å². The summed E-state index contributed by atoms with van der Waals surface area (Å²) in [6.07, 6.45) is 2.45. The average Bonchev–Trinajstić information content (AvgIpc) is 2.31. The molecule has 0 spiro atoms. The summed E-state index contributed by atoms with van der Waals surface area (Å²) in [6.45, 7) is 4.29. The second kappa shape index (κ2) is 5.41. The fourth-order valence-electron chi connectivity index (χ4n) is 2.20. The minimum absolute atomic E-state index is 0.171. The Bertz CT molecular complexity index is 317. The van der Waals surface area contributed by atoms with E-state index in [-0.39, 0.29) is 11.9 Å². The second-order valence-electron chi connectivity index (χ2n) is 4.48. The van der Waals surface area contributed by atoms with Gasteiger partial charge in [0.25, 0.3) is 0 Å². The van der Waals surface area contributed by atoms with Gasteiger partial charge < -0.3 is 10.6 Å². The zero-order valence-corrected chi connectivity index (χ0v) is 9.67. The Kier molecular flexibility index (Phi) is 3.91. The zero-order chi connectivity index (χ0) is 11.4. The van der Waals surface area contributed by atoms with Crippen molar-refractivity contribution in [3.8, 4) is 0 Å². The first kappa shape index (κ1) is 11.6. The van der Waals surface area contributed by atoms with Gasteiger partial charge in [-0.3, -0.25) is 0 Å². The Morgan fingerprint density at radius 2 is 2.12 bits per heavy atom. The molecular weight excluding hydrogens is 203 g/mol. The Labute approximate surface area is 96.2 Å². The molecule has 3 heteroatoms. The number of benzene rings is 1. The van der Waals surface area contributed by atoms with Crippen molar-refractivity contribution in [2.75, 3.05) is 13.1 Å². The van der Waals surface area contributed by atoms with Gasteiger partial charge in [-0.15, -0.1) is 0 Å². The molecule has 1 aromatic rings.